The first-order chi connectivity index (χ1) is 15.7. The molecule has 2 unspecified atom stereocenters. The molecule has 2 aromatic carbocycles. The number of rotatable bonds is 7. The van der Waals surface area contributed by atoms with Crippen molar-refractivity contribution in [2.75, 3.05) is 36.5 Å². The molecule has 33 heavy (non-hydrogen) atoms. The SMILES string of the molecule is CCNC(=NCc1cccc(NC(=O)C2CCCO2)c1)NC1CCN(c2ccccc2)C1.I. The molecule has 0 aromatic heterocycles. The standard InChI is InChI=1S/C25H33N5O2.HI/c1-2-26-25(29-21-13-14-30(18-21)22-10-4-3-5-11-22)27-17-19-8-6-9-20(16-19)28-24(31)23-12-7-15-32-23;/h3-6,8-11,16,21,23H,2,7,12-15,17-18H2,1H3,(H,28,31)(H2,26,27,29);1H. The van der Waals surface area contributed by atoms with E-state index in [0.717, 1.165) is 56.1 Å². The number of anilines is 2. The summed E-state index contributed by atoms with van der Waals surface area (Å²) in [5.74, 6) is 0.753. The summed E-state index contributed by atoms with van der Waals surface area (Å²) in [6, 6.07) is 18.7. The van der Waals surface area contributed by atoms with E-state index in [9.17, 15) is 4.79 Å². The third kappa shape index (κ3) is 7.33. The molecule has 2 fully saturated rings. The molecule has 0 aliphatic carbocycles. The highest BCUT2D eigenvalue weighted by Crippen LogP contribution is 2.20. The summed E-state index contributed by atoms with van der Waals surface area (Å²) in [4.78, 5) is 19.5. The lowest BCUT2D eigenvalue weighted by Gasteiger charge is -2.20. The molecule has 2 aromatic rings. The van der Waals surface area contributed by atoms with Crippen LogP contribution >= 0.6 is 24.0 Å². The van der Waals surface area contributed by atoms with Gasteiger partial charge in [-0.2, -0.15) is 0 Å². The second-order valence-electron chi connectivity index (χ2n) is 8.30. The summed E-state index contributed by atoms with van der Waals surface area (Å²) in [5, 5.41) is 9.90. The summed E-state index contributed by atoms with van der Waals surface area (Å²) < 4.78 is 5.47. The fourth-order valence-electron chi connectivity index (χ4n) is 4.19. The lowest BCUT2D eigenvalue weighted by molar-refractivity contribution is -0.124. The average molecular weight is 563 g/mol. The zero-order valence-corrected chi connectivity index (χ0v) is 21.5. The average Bonchev–Trinajstić information content (AvgIpc) is 3.51. The quantitative estimate of drug-likeness (QED) is 0.272. The van der Waals surface area contributed by atoms with E-state index in [1.54, 1.807) is 0 Å². The number of hydrogen-bond acceptors (Lipinski definition) is 4. The second kappa shape index (κ2) is 12.8. The van der Waals surface area contributed by atoms with Gasteiger partial charge in [-0.15, -0.1) is 24.0 Å². The molecule has 0 spiro atoms. The highest BCUT2D eigenvalue weighted by atomic mass is 127. The molecule has 8 heteroatoms. The molecule has 0 radical (unpaired) electrons. The Bertz CT molecular complexity index is 918. The van der Waals surface area contributed by atoms with Crippen molar-refractivity contribution in [1.82, 2.24) is 10.6 Å². The Kier molecular flexibility index (Phi) is 9.80. The molecule has 0 bridgehead atoms. The van der Waals surface area contributed by atoms with E-state index in [-0.39, 0.29) is 36.0 Å². The van der Waals surface area contributed by atoms with Gasteiger partial charge in [-0.05, 0) is 56.0 Å². The Balaban J connectivity index is 0.00000306. The van der Waals surface area contributed by atoms with Crippen LogP contribution in [0.2, 0.25) is 0 Å². The van der Waals surface area contributed by atoms with E-state index < -0.39 is 0 Å². The number of guanidine groups is 1. The molecule has 7 nitrogen and oxygen atoms in total. The molecule has 3 N–H and O–H groups in total. The monoisotopic (exact) mass is 563 g/mol. The number of hydrogen-bond donors (Lipinski definition) is 3. The van der Waals surface area contributed by atoms with Gasteiger partial charge in [0.2, 0.25) is 0 Å². The lowest BCUT2D eigenvalue weighted by atomic mass is 10.2. The van der Waals surface area contributed by atoms with Crippen LogP contribution in [0.5, 0.6) is 0 Å². The predicted octanol–water partition coefficient (Wildman–Crippen LogP) is 3.76. The molecule has 178 valence electrons. The van der Waals surface area contributed by atoms with Crippen LogP contribution in [0.4, 0.5) is 11.4 Å². The van der Waals surface area contributed by atoms with E-state index in [1.807, 2.05) is 30.3 Å². The summed E-state index contributed by atoms with van der Waals surface area (Å²) in [7, 11) is 0. The Hall–Kier alpha value is -2.33. The van der Waals surface area contributed by atoms with Gasteiger partial charge in [0, 0.05) is 43.7 Å². The zero-order valence-electron chi connectivity index (χ0n) is 19.1. The van der Waals surface area contributed by atoms with Crippen molar-refractivity contribution < 1.29 is 9.53 Å². The molecule has 2 aliphatic rings. The number of aliphatic imine (C=N–C) groups is 1. The van der Waals surface area contributed by atoms with Crippen LogP contribution in [0.15, 0.2) is 59.6 Å². The van der Waals surface area contributed by atoms with Crippen molar-refractivity contribution in [3.8, 4) is 0 Å². The summed E-state index contributed by atoms with van der Waals surface area (Å²) in [6.07, 6.45) is 2.47. The number of para-hydroxylation sites is 1. The van der Waals surface area contributed by atoms with Crippen molar-refractivity contribution >= 4 is 47.2 Å². The number of amides is 1. The van der Waals surface area contributed by atoms with Gasteiger partial charge in [-0.25, -0.2) is 4.99 Å². The van der Waals surface area contributed by atoms with Crippen LogP contribution in [0.1, 0.15) is 31.7 Å². The van der Waals surface area contributed by atoms with Gasteiger partial charge in [0.05, 0.1) is 6.54 Å². The number of halogens is 1. The Labute approximate surface area is 213 Å². The van der Waals surface area contributed by atoms with Gasteiger partial charge in [0.1, 0.15) is 6.10 Å². The highest BCUT2D eigenvalue weighted by molar-refractivity contribution is 14.0. The predicted molar refractivity (Wildman–Crippen MR) is 144 cm³/mol. The van der Waals surface area contributed by atoms with Crippen LogP contribution < -0.4 is 20.9 Å². The lowest BCUT2D eigenvalue weighted by Crippen LogP contribution is -2.44. The van der Waals surface area contributed by atoms with Gasteiger partial charge < -0.3 is 25.6 Å². The fraction of sp³-hybridized carbons (Fsp3) is 0.440. The van der Waals surface area contributed by atoms with E-state index in [2.05, 4.69) is 52.0 Å². The van der Waals surface area contributed by atoms with Crippen molar-refractivity contribution in [2.24, 2.45) is 4.99 Å². The first-order valence-corrected chi connectivity index (χ1v) is 11.6. The van der Waals surface area contributed by atoms with Crippen molar-refractivity contribution in [3.05, 3.63) is 60.2 Å². The third-order valence-corrected chi connectivity index (χ3v) is 5.83. The second-order valence-corrected chi connectivity index (χ2v) is 8.30. The summed E-state index contributed by atoms with van der Waals surface area (Å²) in [6.45, 7) is 6.07. The molecule has 1 amide bonds. The first kappa shape index (κ1) is 25.3. The fourth-order valence-corrected chi connectivity index (χ4v) is 4.19. The van der Waals surface area contributed by atoms with Crippen molar-refractivity contribution in [2.45, 2.75) is 44.9 Å². The van der Waals surface area contributed by atoms with Crippen LogP contribution in [0.3, 0.4) is 0 Å². The van der Waals surface area contributed by atoms with Gasteiger partial charge in [0.15, 0.2) is 5.96 Å². The summed E-state index contributed by atoms with van der Waals surface area (Å²) in [5.41, 5.74) is 3.09. The third-order valence-electron chi connectivity index (χ3n) is 5.83. The van der Waals surface area contributed by atoms with E-state index in [0.29, 0.717) is 19.2 Å². The van der Waals surface area contributed by atoms with Crippen LogP contribution in [-0.4, -0.2) is 50.3 Å². The van der Waals surface area contributed by atoms with Gasteiger partial charge in [-0.3, -0.25) is 4.79 Å². The number of carbonyl (C=O) groups excluding carboxylic acids is 1. The van der Waals surface area contributed by atoms with Crippen molar-refractivity contribution in [3.63, 3.8) is 0 Å². The van der Waals surface area contributed by atoms with E-state index in [1.165, 1.54) is 5.69 Å². The Morgan fingerprint density at radius 2 is 2.00 bits per heavy atom. The molecule has 2 heterocycles. The Morgan fingerprint density at radius 3 is 2.76 bits per heavy atom. The zero-order chi connectivity index (χ0) is 22.2. The van der Waals surface area contributed by atoms with Crippen LogP contribution in [-0.2, 0) is 16.1 Å². The minimum atomic E-state index is -0.330. The normalized spacial score (nSPS) is 20.3. The molecule has 0 saturated carbocycles. The van der Waals surface area contributed by atoms with E-state index >= 15 is 0 Å². The summed E-state index contributed by atoms with van der Waals surface area (Å²) >= 11 is 0. The van der Waals surface area contributed by atoms with Gasteiger partial charge >= 0.3 is 0 Å². The van der Waals surface area contributed by atoms with Crippen LogP contribution in [0.25, 0.3) is 0 Å². The number of carbonyl (C=O) groups is 1. The largest absolute Gasteiger partial charge is 0.369 e. The number of nitrogens with one attached hydrogen (secondary N) is 3. The van der Waals surface area contributed by atoms with Gasteiger partial charge in [-0.1, -0.05) is 30.3 Å². The maximum atomic E-state index is 12.3. The van der Waals surface area contributed by atoms with Gasteiger partial charge in [0.25, 0.3) is 5.91 Å². The number of ether oxygens (including phenoxy) is 1. The van der Waals surface area contributed by atoms with Crippen LogP contribution in [0, 0.1) is 0 Å². The Morgan fingerprint density at radius 1 is 1.15 bits per heavy atom. The van der Waals surface area contributed by atoms with E-state index in [4.69, 9.17) is 9.73 Å². The molecule has 2 atom stereocenters. The molecule has 2 aliphatic heterocycles. The smallest absolute Gasteiger partial charge is 0.253 e. The minimum absolute atomic E-state index is 0. The molecular weight excluding hydrogens is 529 g/mol. The molecule has 4 rings (SSSR count). The topological polar surface area (TPSA) is 78.0 Å². The number of nitrogens with zero attached hydrogens (tertiary/aromatic N) is 2. The molecule has 2 saturated heterocycles. The van der Waals surface area contributed by atoms with Crippen molar-refractivity contribution in [1.29, 1.82) is 0 Å². The maximum Gasteiger partial charge on any atom is 0.253 e. The minimum Gasteiger partial charge on any atom is -0.369 e. The number of benzene rings is 2. The highest BCUT2D eigenvalue weighted by Gasteiger charge is 2.24. The first-order valence-electron chi connectivity index (χ1n) is 11.6. The molecular formula is C25H34IN5O2. The maximum absolute atomic E-state index is 12.3.